The number of carbonyl (C=O) groups excluding carboxylic acids is 3. The molecule has 0 radical (unpaired) electrons. The van der Waals surface area contributed by atoms with Gasteiger partial charge in [0.2, 0.25) is 11.9 Å². The molecule has 10 heteroatoms. The molecule has 0 unspecified atom stereocenters. The van der Waals surface area contributed by atoms with E-state index in [1.807, 2.05) is 13.8 Å². The number of H-pyrrole nitrogens is 1. The fraction of sp³-hybridized carbons (Fsp3) is 0.421. The van der Waals surface area contributed by atoms with Gasteiger partial charge in [0.15, 0.2) is 0 Å². The molecular weight excluding hydrogens is 379 g/mol. The molecule has 0 saturated carbocycles. The Morgan fingerprint density at radius 1 is 1.34 bits per heavy atom. The van der Waals surface area contributed by atoms with E-state index in [-0.39, 0.29) is 24.7 Å². The lowest BCUT2D eigenvalue weighted by molar-refractivity contribution is -0.129. The van der Waals surface area contributed by atoms with Crippen molar-refractivity contribution in [2.24, 2.45) is 5.92 Å². The van der Waals surface area contributed by atoms with Crippen LogP contribution in [0.25, 0.3) is 0 Å². The first-order chi connectivity index (χ1) is 13.8. The van der Waals surface area contributed by atoms with E-state index in [1.165, 1.54) is 12.1 Å². The summed E-state index contributed by atoms with van der Waals surface area (Å²) in [4.78, 5) is 42.0. The number of anilines is 1. The Morgan fingerprint density at radius 3 is 2.86 bits per heavy atom. The third-order valence-corrected chi connectivity index (χ3v) is 4.39. The van der Waals surface area contributed by atoms with E-state index < -0.39 is 23.9 Å². The summed E-state index contributed by atoms with van der Waals surface area (Å²) in [6.07, 6.45) is 0.793. The van der Waals surface area contributed by atoms with Crippen LogP contribution >= 0.6 is 0 Å². The molecule has 1 saturated heterocycles. The zero-order valence-corrected chi connectivity index (χ0v) is 16.2. The van der Waals surface area contributed by atoms with E-state index in [9.17, 15) is 18.8 Å². The summed E-state index contributed by atoms with van der Waals surface area (Å²) >= 11 is 0. The standard InChI is InChI=1S/C19H23FN6O3/c1-11(2)8-15-22-18(25-24-15)23-16(27)10-14-17(28)26(19(29)21-14)7-6-12-4-3-5-13(20)9-12/h3-5,9,11,14H,6-8,10H2,1-2H3,(H,21,29)(H2,22,23,24,25,27)/t14-/m0/s1. The normalized spacial score (nSPS) is 16.4. The summed E-state index contributed by atoms with van der Waals surface area (Å²) < 4.78 is 13.3. The first-order valence-electron chi connectivity index (χ1n) is 9.39. The monoisotopic (exact) mass is 402 g/mol. The predicted molar refractivity (Wildman–Crippen MR) is 102 cm³/mol. The van der Waals surface area contributed by atoms with Gasteiger partial charge in [-0.3, -0.25) is 24.9 Å². The Bertz CT molecular complexity index is 913. The molecule has 29 heavy (non-hydrogen) atoms. The molecule has 0 bridgehead atoms. The SMILES string of the molecule is CC(C)Cc1nc(NC(=O)C[C@@H]2NC(=O)N(CCc3cccc(F)c3)C2=O)n[nH]1. The number of hydrogen-bond donors (Lipinski definition) is 3. The molecule has 154 valence electrons. The molecule has 1 aliphatic rings. The first kappa shape index (κ1) is 20.4. The van der Waals surface area contributed by atoms with Gasteiger partial charge < -0.3 is 5.32 Å². The minimum Gasteiger partial charge on any atom is -0.325 e. The Balaban J connectivity index is 1.52. The van der Waals surface area contributed by atoms with Gasteiger partial charge in [0.05, 0.1) is 6.42 Å². The van der Waals surface area contributed by atoms with Gasteiger partial charge in [0, 0.05) is 13.0 Å². The van der Waals surface area contributed by atoms with Crippen LogP contribution in [-0.4, -0.2) is 50.5 Å². The molecule has 3 rings (SSSR count). The van der Waals surface area contributed by atoms with Crippen LogP contribution in [0.4, 0.5) is 15.1 Å². The Labute approximate surface area is 167 Å². The number of rotatable bonds is 8. The van der Waals surface area contributed by atoms with Crippen LogP contribution in [0.3, 0.4) is 0 Å². The maximum absolute atomic E-state index is 13.3. The molecule has 0 spiro atoms. The van der Waals surface area contributed by atoms with Crippen molar-refractivity contribution in [2.75, 3.05) is 11.9 Å². The van der Waals surface area contributed by atoms with Gasteiger partial charge in [-0.25, -0.2) is 9.18 Å². The summed E-state index contributed by atoms with van der Waals surface area (Å²) in [5.74, 6) is -0.175. The summed E-state index contributed by atoms with van der Waals surface area (Å²) in [5.41, 5.74) is 0.675. The van der Waals surface area contributed by atoms with Crippen LogP contribution in [0.15, 0.2) is 24.3 Å². The Morgan fingerprint density at radius 2 is 2.14 bits per heavy atom. The zero-order valence-electron chi connectivity index (χ0n) is 16.2. The highest BCUT2D eigenvalue weighted by Gasteiger charge is 2.38. The van der Waals surface area contributed by atoms with Crippen LogP contribution in [0, 0.1) is 11.7 Å². The molecule has 1 atom stereocenters. The van der Waals surface area contributed by atoms with Crippen LogP contribution in [-0.2, 0) is 22.4 Å². The van der Waals surface area contributed by atoms with Gasteiger partial charge in [-0.15, -0.1) is 5.10 Å². The van der Waals surface area contributed by atoms with Crippen molar-refractivity contribution in [3.05, 3.63) is 41.5 Å². The van der Waals surface area contributed by atoms with E-state index in [0.29, 0.717) is 30.1 Å². The fourth-order valence-electron chi connectivity index (χ4n) is 3.05. The topological polar surface area (TPSA) is 120 Å². The van der Waals surface area contributed by atoms with E-state index >= 15 is 0 Å². The molecule has 2 heterocycles. The molecule has 1 aliphatic heterocycles. The lowest BCUT2D eigenvalue weighted by atomic mass is 10.1. The summed E-state index contributed by atoms with van der Waals surface area (Å²) in [7, 11) is 0. The highest BCUT2D eigenvalue weighted by atomic mass is 19.1. The van der Waals surface area contributed by atoms with Gasteiger partial charge in [-0.2, -0.15) is 4.98 Å². The number of amides is 4. The number of urea groups is 1. The summed E-state index contributed by atoms with van der Waals surface area (Å²) in [6.45, 7) is 4.18. The molecule has 4 amide bonds. The quantitative estimate of drug-likeness (QED) is 0.580. The molecule has 9 nitrogen and oxygen atoms in total. The second-order valence-corrected chi connectivity index (χ2v) is 7.33. The zero-order chi connectivity index (χ0) is 21.0. The van der Waals surface area contributed by atoms with Gasteiger partial charge >= 0.3 is 6.03 Å². The fourth-order valence-corrected chi connectivity index (χ4v) is 3.05. The average molecular weight is 402 g/mol. The van der Waals surface area contributed by atoms with Crippen LogP contribution in [0.1, 0.15) is 31.7 Å². The maximum Gasteiger partial charge on any atom is 0.324 e. The number of nitrogens with one attached hydrogen (secondary N) is 3. The number of imide groups is 1. The van der Waals surface area contributed by atoms with Crippen molar-refractivity contribution in [3.8, 4) is 0 Å². The number of nitrogens with zero attached hydrogens (tertiary/aromatic N) is 3. The lowest BCUT2D eigenvalue weighted by Crippen LogP contribution is -2.35. The second-order valence-electron chi connectivity index (χ2n) is 7.33. The number of halogens is 1. The number of hydrogen-bond acceptors (Lipinski definition) is 5. The van der Waals surface area contributed by atoms with Crippen molar-refractivity contribution >= 4 is 23.8 Å². The van der Waals surface area contributed by atoms with Gasteiger partial charge in [-0.05, 0) is 30.0 Å². The molecule has 2 aromatic rings. The maximum atomic E-state index is 13.3. The molecule has 0 aliphatic carbocycles. The van der Waals surface area contributed by atoms with E-state index in [0.717, 1.165) is 4.90 Å². The number of carbonyl (C=O) groups is 3. The summed E-state index contributed by atoms with van der Waals surface area (Å²) in [6, 6.07) is 4.45. The molecule has 3 N–H and O–H groups in total. The van der Waals surface area contributed by atoms with E-state index in [1.54, 1.807) is 12.1 Å². The van der Waals surface area contributed by atoms with Gasteiger partial charge in [0.25, 0.3) is 5.91 Å². The number of aromatic amines is 1. The van der Waals surface area contributed by atoms with Crippen molar-refractivity contribution in [2.45, 2.75) is 39.2 Å². The Kier molecular flexibility index (Phi) is 6.20. The largest absolute Gasteiger partial charge is 0.325 e. The molecular formula is C19H23FN6O3. The van der Waals surface area contributed by atoms with Gasteiger partial charge in [-0.1, -0.05) is 26.0 Å². The average Bonchev–Trinajstić information content (AvgIpc) is 3.17. The first-order valence-corrected chi connectivity index (χ1v) is 9.39. The van der Waals surface area contributed by atoms with Crippen LogP contribution in [0.5, 0.6) is 0 Å². The summed E-state index contributed by atoms with van der Waals surface area (Å²) in [5, 5.41) is 11.7. The smallest absolute Gasteiger partial charge is 0.324 e. The van der Waals surface area contributed by atoms with E-state index in [4.69, 9.17) is 0 Å². The number of aromatic nitrogens is 3. The lowest BCUT2D eigenvalue weighted by Gasteiger charge is -2.13. The van der Waals surface area contributed by atoms with Crippen LogP contribution < -0.4 is 10.6 Å². The third kappa shape index (κ3) is 5.37. The molecule has 1 fully saturated rings. The van der Waals surface area contributed by atoms with Gasteiger partial charge in [0.1, 0.15) is 17.7 Å². The third-order valence-electron chi connectivity index (χ3n) is 4.39. The highest BCUT2D eigenvalue weighted by Crippen LogP contribution is 2.13. The number of benzene rings is 1. The minimum absolute atomic E-state index is 0.103. The minimum atomic E-state index is -0.955. The predicted octanol–water partition coefficient (Wildman–Crippen LogP) is 1.63. The Hall–Kier alpha value is -3.30. The second kappa shape index (κ2) is 8.80. The van der Waals surface area contributed by atoms with Crippen molar-refractivity contribution < 1.29 is 18.8 Å². The van der Waals surface area contributed by atoms with Crippen molar-refractivity contribution in [1.29, 1.82) is 0 Å². The molecule has 1 aromatic carbocycles. The molecule has 1 aromatic heterocycles. The van der Waals surface area contributed by atoms with Crippen molar-refractivity contribution in [3.63, 3.8) is 0 Å². The van der Waals surface area contributed by atoms with Crippen LogP contribution in [0.2, 0.25) is 0 Å². The highest BCUT2D eigenvalue weighted by molar-refractivity contribution is 6.06. The van der Waals surface area contributed by atoms with Crippen molar-refractivity contribution in [1.82, 2.24) is 25.4 Å². The van der Waals surface area contributed by atoms with E-state index in [2.05, 4.69) is 25.8 Å².